The summed E-state index contributed by atoms with van der Waals surface area (Å²) in [5.41, 5.74) is 1.19. The van der Waals surface area contributed by atoms with E-state index in [1.807, 2.05) is 23.1 Å². The largest absolute Gasteiger partial charge is 0.390 e. The van der Waals surface area contributed by atoms with Gasteiger partial charge in [0.2, 0.25) is 0 Å². The van der Waals surface area contributed by atoms with Crippen molar-refractivity contribution in [2.24, 2.45) is 0 Å². The van der Waals surface area contributed by atoms with Gasteiger partial charge in [-0.15, -0.1) is 0 Å². The lowest BCUT2D eigenvalue weighted by atomic mass is 10.2. The van der Waals surface area contributed by atoms with Crippen LogP contribution in [0.15, 0.2) is 30.9 Å². The Morgan fingerprint density at radius 2 is 2.24 bits per heavy atom. The number of hydrogen-bond acceptors (Lipinski definition) is 4. The van der Waals surface area contributed by atoms with Crippen LogP contribution in [-0.2, 0) is 13.1 Å². The Morgan fingerprint density at radius 3 is 2.95 bits per heavy atom. The minimum Gasteiger partial charge on any atom is -0.390 e. The van der Waals surface area contributed by atoms with Gasteiger partial charge in [0, 0.05) is 31.2 Å². The van der Waals surface area contributed by atoms with Crippen molar-refractivity contribution in [1.29, 1.82) is 0 Å². The number of aromatic nitrogens is 4. The fraction of sp³-hybridized carbons (Fsp3) is 0.600. The first kappa shape index (κ1) is 14.3. The first-order chi connectivity index (χ1) is 10.2. The zero-order chi connectivity index (χ0) is 14.7. The molecule has 6 heteroatoms. The summed E-state index contributed by atoms with van der Waals surface area (Å²) >= 11 is 0. The fourth-order valence-corrected chi connectivity index (χ4v) is 3.08. The molecule has 0 bridgehead atoms. The lowest BCUT2D eigenvalue weighted by Gasteiger charge is -2.26. The molecule has 2 aromatic heterocycles. The molecule has 0 aliphatic carbocycles. The standard InChI is InChI=1S/C15H23N5O/c1-13-8-17-20(9-13)10-14-4-2-6-18(14)11-15(21)12-19-7-3-5-16-19/h3,5,7-9,14-15,21H,2,4,6,10-12H2,1H3/t14-,15+/m1/s1. The molecule has 1 N–H and O–H groups in total. The Hall–Kier alpha value is -1.66. The first-order valence-electron chi connectivity index (χ1n) is 7.59. The van der Waals surface area contributed by atoms with Gasteiger partial charge in [0.05, 0.1) is 25.4 Å². The topological polar surface area (TPSA) is 59.1 Å². The Bertz CT molecular complexity index is 550. The highest BCUT2D eigenvalue weighted by Crippen LogP contribution is 2.19. The molecule has 1 aliphatic rings. The zero-order valence-electron chi connectivity index (χ0n) is 12.5. The summed E-state index contributed by atoms with van der Waals surface area (Å²) in [5, 5.41) is 18.8. The van der Waals surface area contributed by atoms with Gasteiger partial charge in [-0.05, 0) is 37.9 Å². The van der Waals surface area contributed by atoms with Crippen LogP contribution in [-0.4, -0.2) is 54.8 Å². The van der Waals surface area contributed by atoms with Crippen LogP contribution in [0.5, 0.6) is 0 Å². The SMILES string of the molecule is Cc1cnn(C[C@H]2CCCN2C[C@H](O)Cn2cccn2)c1. The molecule has 3 heterocycles. The van der Waals surface area contributed by atoms with E-state index in [4.69, 9.17) is 0 Å². The summed E-state index contributed by atoms with van der Waals surface area (Å²) in [6.07, 6.45) is 9.59. The van der Waals surface area contributed by atoms with Crippen molar-refractivity contribution in [2.75, 3.05) is 13.1 Å². The summed E-state index contributed by atoms with van der Waals surface area (Å²) in [6.45, 7) is 5.27. The smallest absolute Gasteiger partial charge is 0.0862 e. The Morgan fingerprint density at radius 1 is 1.33 bits per heavy atom. The van der Waals surface area contributed by atoms with Gasteiger partial charge in [0.15, 0.2) is 0 Å². The quantitative estimate of drug-likeness (QED) is 0.859. The summed E-state index contributed by atoms with van der Waals surface area (Å²) in [7, 11) is 0. The molecular formula is C15H23N5O. The average Bonchev–Trinajstić information content (AvgIpc) is 3.15. The number of hydrogen-bond donors (Lipinski definition) is 1. The third-order valence-electron chi connectivity index (χ3n) is 4.06. The van der Waals surface area contributed by atoms with Gasteiger partial charge in [-0.1, -0.05) is 0 Å². The minimum absolute atomic E-state index is 0.384. The molecule has 0 amide bonds. The molecule has 1 saturated heterocycles. The molecule has 0 radical (unpaired) electrons. The maximum Gasteiger partial charge on any atom is 0.0862 e. The highest BCUT2D eigenvalue weighted by molar-refractivity contribution is 4.99. The van der Waals surface area contributed by atoms with Gasteiger partial charge in [-0.2, -0.15) is 10.2 Å². The molecule has 114 valence electrons. The molecule has 0 saturated carbocycles. The Kier molecular flexibility index (Phi) is 4.36. The van der Waals surface area contributed by atoms with E-state index in [1.54, 1.807) is 10.9 Å². The fourth-order valence-electron chi connectivity index (χ4n) is 3.08. The monoisotopic (exact) mass is 289 g/mol. The molecule has 2 aromatic rings. The van der Waals surface area contributed by atoms with Crippen molar-refractivity contribution in [3.63, 3.8) is 0 Å². The minimum atomic E-state index is -0.384. The molecule has 6 nitrogen and oxygen atoms in total. The van der Waals surface area contributed by atoms with Crippen molar-refractivity contribution in [3.8, 4) is 0 Å². The predicted molar refractivity (Wildman–Crippen MR) is 79.8 cm³/mol. The number of β-amino-alcohol motifs (C(OH)–C–C–N with tert-alkyl or cyclic N) is 1. The maximum absolute atomic E-state index is 10.2. The molecule has 0 spiro atoms. The van der Waals surface area contributed by atoms with Crippen LogP contribution in [0, 0.1) is 6.92 Å². The van der Waals surface area contributed by atoms with Crippen LogP contribution >= 0.6 is 0 Å². The molecule has 1 aliphatic heterocycles. The van der Waals surface area contributed by atoms with Gasteiger partial charge >= 0.3 is 0 Å². The number of rotatable bonds is 6. The normalized spacial score (nSPS) is 21.0. The van der Waals surface area contributed by atoms with Gasteiger partial charge in [-0.25, -0.2) is 0 Å². The second-order valence-corrected chi connectivity index (χ2v) is 5.91. The molecule has 0 unspecified atom stereocenters. The van der Waals surface area contributed by atoms with E-state index < -0.39 is 0 Å². The van der Waals surface area contributed by atoms with Crippen LogP contribution < -0.4 is 0 Å². The van der Waals surface area contributed by atoms with Crippen molar-refractivity contribution >= 4 is 0 Å². The van der Waals surface area contributed by atoms with Crippen LogP contribution in [0.25, 0.3) is 0 Å². The second kappa shape index (κ2) is 6.41. The highest BCUT2D eigenvalue weighted by atomic mass is 16.3. The van der Waals surface area contributed by atoms with Crippen molar-refractivity contribution in [1.82, 2.24) is 24.5 Å². The summed E-state index contributed by atoms with van der Waals surface area (Å²) in [6, 6.07) is 2.35. The van der Waals surface area contributed by atoms with Crippen LogP contribution in [0.2, 0.25) is 0 Å². The lowest BCUT2D eigenvalue weighted by Crippen LogP contribution is -2.40. The second-order valence-electron chi connectivity index (χ2n) is 5.91. The molecule has 2 atom stereocenters. The van der Waals surface area contributed by atoms with Gasteiger partial charge in [0.25, 0.3) is 0 Å². The molecule has 1 fully saturated rings. The number of aliphatic hydroxyl groups is 1. The third kappa shape index (κ3) is 3.71. The summed E-state index contributed by atoms with van der Waals surface area (Å²) in [5.74, 6) is 0. The van der Waals surface area contributed by atoms with Crippen LogP contribution in [0.1, 0.15) is 18.4 Å². The van der Waals surface area contributed by atoms with E-state index in [9.17, 15) is 5.11 Å². The molecule has 0 aromatic carbocycles. The number of likely N-dealkylation sites (tertiary alicyclic amines) is 1. The number of nitrogens with zero attached hydrogens (tertiary/aromatic N) is 5. The number of aliphatic hydroxyl groups excluding tert-OH is 1. The molecule has 21 heavy (non-hydrogen) atoms. The van der Waals surface area contributed by atoms with E-state index in [1.165, 1.54) is 18.4 Å². The summed E-state index contributed by atoms with van der Waals surface area (Å²) < 4.78 is 3.80. The van der Waals surface area contributed by atoms with E-state index in [0.717, 1.165) is 13.1 Å². The highest BCUT2D eigenvalue weighted by Gasteiger charge is 2.26. The van der Waals surface area contributed by atoms with E-state index in [-0.39, 0.29) is 6.10 Å². The number of aryl methyl sites for hydroxylation is 1. The van der Waals surface area contributed by atoms with Crippen molar-refractivity contribution < 1.29 is 5.11 Å². The zero-order valence-corrected chi connectivity index (χ0v) is 12.5. The third-order valence-corrected chi connectivity index (χ3v) is 4.06. The van der Waals surface area contributed by atoms with Crippen molar-refractivity contribution in [2.45, 2.75) is 45.0 Å². The van der Waals surface area contributed by atoms with Gasteiger partial charge in [-0.3, -0.25) is 14.3 Å². The van der Waals surface area contributed by atoms with Crippen LogP contribution in [0.4, 0.5) is 0 Å². The van der Waals surface area contributed by atoms with E-state index in [0.29, 0.717) is 19.1 Å². The van der Waals surface area contributed by atoms with E-state index in [2.05, 4.69) is 28.2 Å². The van der Waals surface area contributed by atoms with Crippen molar-refractivity contribution in [3.05, 3.63) is 36.4 Å². The predicted octanol–water partition coefficient (Wildman–Crippen LogP) is 0.914. The Balaban J connectivity index is 1.54. The van der Waals surface area contributed by atoms with Gasteiger partial charge < -0.3 is 5.11 Å². The van der Waals surface area contributed by atoms with Gasteiger partial charge in [0.1, 0.15) is 0 Å². The first-order valence-corrected chi connectivity index (χ1v) is 7.59. The molecular weight excluding hydrogens is 266 g/mol. The lowest BCUT2D eigenvalue weighted by molar-refractivity contribution is 0.0847. The molecule has 3 rings (SSSR count). The van der Waals surface area contributed by atoms with Crippen LogP contribution in [0.3, 0.4) is 0 Å². The maximum atomic E-state index is 10.2. The summed E-state index contributed by atoms with van der Waals surface area (Å²) in [4.78, 5) is 2.38. The van der Waals surface area contributed by atoms with E-state index >= 15 is 0 Å². The average molecular weight is 289 g/mol. The Labute approximate surface area is 125 Å².